The van der Waals surface area contributed by atoms with Crippen LogP contribution >= 0.6 is 0 Å². The summed E-state index contributed by atoms with van der Waals surface area (Å²) in [5.74, 6) is -0.194. The van der Waals surface area contributed by atoms with E-state index in [1.807, 2.05) is 0 Å². The number of benzene rings is 1. The Hall–Kier alpha value is -1.71. The Bertz CT molecular complexity index is 445. The Labute approximate surface area is 106 Å². The van der Waals surface area contributed by atoms with Crippen LogP contribution in [0.4, 0.5) is 4.39 Å². The lowest BCUT2D eigenvalue weighted by atomic mass is 9.93. The monoisotopic (exact) mass is 249 g/mol. The fraction of sp³-hybridized carbons (Fsp3) is 0.429. The number of carbonyl (C=O) groups excluding carboxylic acids is 2. The first-order valence-electron chi connectivity index (χ1n) is 6.12. The quantitative estimate of drug-likeness (QED) is 0.807. The number of amides is 1. The van der Waals surface area contributed by atoms with E-state index in [2.05, 4.69) is 0 Å². The number of carbonyl (C=O) groups is 2. The molecule has 2 rings (SSSR count). The number of halogens is 1. The summed E-state index contributed by atoms with van der Waals surface area (Å²) >= 11 is 0. The molecular weight excluding hydrogens is 233 g/mol. The Morgan fingerprint density at radius 2 is 1.78 bits per heavy atom. The summed E-state index contributed by atoms with van der Waals surface area (Å²) < 4.78 is 12.8. The average molecular weight is 249 g/mol. The molecule has 3 nitrogen and oxygen atoms in total. The summed E-state index contributed by atoms with van der Waals surface area (Å²) in [6, 6.07) is 5.65. The van der Waals surface area contributed by atoms with Gasteiger partial charge in [-0.05, 0) is 37.1 Å². The molecule has 0 aliphatic heterocycles. The van der Waals surface area contributed by atoms with Gasteiger partial charge in [0.25, 0.3) is 5.91 Å². The van der Waals surface area contributed by atoms with Crippen LogP contribution in [0.15, 0.2) is 24.3 Å². The maximum Gasteiger partial charge on any atom is 0.253 e. The second-order valence-corrected chi connectivity index (χ2v) is 4.69. The molecule has 1 fully saturated rings. The van der Waals surface area contributed by atoms with Gasteiger partial charge >= 0.3 is 0 Å². The molecule has 1 aliphatic carbocycles. The summed E-state index contributed by atoms with van der Waals surface area (Å²) in [5.41, 5.74) is 0.482. The molecule has 0 N–H and O–H groups in total. The smallest absolute Gasteiger partial charge is 0.253 e. The van der Waals surface area contributed by atoms with Crippen molar-refractivity contribution in [3.05, 3.63) is 35.6 Å². The van der Waals surface area contributed by atoms with Gasteiger partial charge in [0.15, 0.2) is 0 Å². The molecule has 1 amide bonds. The van der Waals surface area contributed by atoms with Crippen LogP contribution in [-0.2, 0) is 4.79 Å². The van der Waals surface area contributed by atoms with Gasteiger partial charge in [-0.1, -0.05) is 0 Å². The summed E-state index contributed by atoms with van der Waals surface area (Å²) in [5, 5.41) is 0. The Morgan fingerprint density at radius 3 is 2.33 bits per heavy atom. The highest BCUT2D eigenvalue weighted by molar-refractivity contribution is 5.94. The standard InChI is InChI=1S/C14H16FNO2/c1-16(12-6-8-13(17)9-7-12)14(18)10-2-4-11(15)5-3-10/h2-5,12H,6-9H2,1H3. The summed E-state index contributed by atoms with van der Waals surface area (Å²) in [4.78, 5) is 25.0. The van der Waals surface area contributed by atoms with E-state index in [-0.39, 0.29) is 23.5 Å². The molecule has 18 heavy (non-hydrogen) atoms. The van der Waals surface area contributed by atoms with Crippen LogP contribution in [0, 0.1) is 5.82 Å². The minimum absolute atomic E-state index is 0.111. The van der Waals surface area contributed by atoms with Gasteiger partial charge in [0.05, 0.1) is 0 Å². The lowest BCUT2D eigenvalue weighted by Gasteiger charge is -2.30. The van der Waals surface area contributed by atoms with Crippen molar-refractivity contribution in [3.63, 3.8) is 0 Å². The summed E-state index contributed by atoms with van der Waals surface area (Å²) in [7, 11) is 1.74. The van der Waals surface area contributed by atoms with Crippen LogP contribution < -0.4 is 0 Å². The SMILES string of the molecule is CN(C(=O)c1ccc(F)cc1)C1CCC(=O)CC1. The molecule has 4 heteroatoms. The van der Waals surface area contributed by atoms with E-state index < -0.39 is 0 Å². The van der Waals surface area contributed by atoms with Gasteiger partial charge in [-0.3, -0.25) is 9.59 Å². The number of ketones is 1. The molecule has 0 atom stereocenters. The number of rotatable bonds is 2. The molecule has 0 radical (unpaired) electrons. The largest absolute Gasteiger partial charge is 0.339 e. The maximum absolute atomic E-state index is 12.8. The fourth-order valence-corrected chi connectivity index (χ4v) is 2.27. The fourth-order valence-electron chi connectivity index (χ4n) is 2.27. The van der Waals surface area contributed by atoms with Crippen LogP contribution in [0.1, 0.15) is 36.0 Å². The number of Topliss-reactive ketones (excluding diaryl/α,β-unsaturated/α-hetero) is 1. The van der Waals surface area contributed by atoms with Crippen molar-refractivity contribution in [2.24, 2.45) is 0 Å². The number of nitrogens with zero attached hydrogens (tertiary/aromatic N) is 1. The molecule has 0 saturated heterocycles. The van der Waals surface area contributed by atoms with E-state index in [0.29, 0.717) is 18.4 Å². The van der Waals surface area contributed by atoms with Gasteiger partial charge < -0.3 is 4.90 Å². The third-order valence-corrected chi connectivity index (χ3v) is 3.47. The molecule has 1 aromatic rings. The second-order valence-electron chi connectivity index (χ2n) is 4.69. The van der Waals surface area contributed by atoms with E-state index in [1.165, 1.54) is 24.3 Å². The van der Waals surface area contributed by atoms with Crippen molar-refractivity contribution in [2.75, 3.05) is 7.05 Å². The van der Waals surface area contributed by atoms with Crippen LogP contribution in [0.25, 0.3) is 0 Å². The molecule has 1 aromatic carbocycles. The van der Waals surface area contributed by atoms with Crippen LogP contribution in [0.2, 0.25) is 0 Å². The second kappa shape index (κ2) is 5.29. The number of hydrogen-bond donors (Lipinski definition) is 0. The first-order chi connectivity index (χ1) is 8.58. The highest BCUT2D eigenvalue weighted by atomic mass is 19.1. The van der Waals surface area contributed by atoms with Crippen molar-refractivity contribution < 1.29 is 14.0 Å². The Balaban J connectivity index is 2.04. The van der Waals surface area contributed by atoms with E-state index >= 15 is 0 Å². The molecule has 0 bridgehead atoms. The highest BCUT2D eigenvalue weighted by Crippen LogP contribution is 2.21. The highest BCUT2D eigenvalue weighted by Gasteiger charge is 2.25. The average Bonchev–Trinajstić information content (AvgIpc) is 2.39. The van der Waals surface area contributed by atoms with Crippen LogP contribution in [-0.4, -0.2) is 29.7 Å². The van der Waals surface area contributed by atoms with Gasteiger partial charge in [-0.2, -0.15) is 0 Å². The zero-order chi connectivity index (χ0) is 13.1. The van der Waals surface area contributed by atoms with E-state index in [9.17, 15) is 14.0 Å². The first kappa shape index (κ1) is 12.7. The summed E-state index contributed by atoms with van der Waals surface area (Å²) in [6.07, 6.45) is 2.54. The minimum Gasteiger partial charge on any atom is -0.339 e. The Kier molecular flexibility index (Phi) is 3.75. The van der Waals surface area contributed by atoms with Gasteiger partial charge in [0, 0.05) is 31.5 Å². The van der Waals surface area contributed by atoms with Crippen molar-refractivity contribution in [1.82, 2.24) is 4.90 Å². The Morgan fingerprint density at radius 1 is 1.22 bits per heavy atom. The lowest BCUT2D eigenvalue weighted by Crippen LogP contribution is -2.39. The maximum atomic E-state index is 12.8. The van der Waals surface area contributed by atoms with Gasteiger partial charge in [0.1, 0.15) is 11.6 Å². The first-order valence-corrected chi connectivity index (χ1v) is 6.12. The zero-order valence-electron chi connectivity index (χ0n) is 10.4. The van der Waals surface area contributed by atoms with E-state index in [1.54, 1.807) is 11.9 Å². The lowest BCUT2D eigenvalue weighted by molar-refractivity contribution is -0.121. The van der Waals surface area contributed by atoms with Crippen molar-refractivity contribution in [1.29, 1.82) is 0 Å². The van der Waals surface area contributed by atoms with Gasteiger partial charge in [-0.25, -0.2) is 4.39 Å². The minimum atomic E-state index is -0.350. The van der Waals surface area contributed by atoms with Crippen LogP contribution in [0.5, 0.6) is 0 Å². The molecule has 0 heterocycles. The normalized spacial score (nSPS) is 16.7. The van der Waals surface area contributed by atoms with E-state index in [0.717, 1.165) is 12.8 Å². The van der Waals surface area contributed by atoms with Gasteiger partial charge in [0.2, 0.25) is 0 Å². The predicted molar refractivity (Wildman–Crippen MR) is 65.8 cm³/mol. The molecule has 96 valence electrons. The zero-order valence-corrected chi connectivity index (χ0v) is 10.4. The van der Waals surface area contributed by atoms with Gasteiger partial charge in [-0.15, -0.1) is 0 Å². The molecule has 0 unspecified atom stereocenters. The summed E-state index contributed by atoms with van der Waals surface area (Å²) in [6.45, 7) is 0. The molecule has 1 saturated carbocycles. The topological polar surface area (TPSA) is 37.4 Å². The predicted octanol–water partition coefficient (Wildman–Crippen LogP) is 2.41. The van der Waals surface area contributed by atoms with E-state index in [4.69, 9.17) is 0 Å². The van der Waals surface area contributed by atoms with Crippen molar-refractivity contribution >= 4 is 11.7 Å². The molecule has 1 aliphatic rings. The molecular formula is C14H16FNO2. The third kappa shape index (κ3) is 2.75. The molecule has 0 spiro atoms. The number of hydrogen-bond acceptors (Lipinski definition) is 2. The van der Waals surface area contributed by atoms with Crippen molar-refractivity contribution in [3.8, 4) is 0 Å². The van der Waals surface area contributed by atoms with Crippen LogP contribution in [0.3, 0.4) is 0 Å². The third-order valence-electron chi connectivity index (χ3n) is 3.47. The van der Waals surface area contributed by atoms with Crippen molar-refractivity contribution in [2.45, 2.75) is 31.7 Å². The molecule has 0 aromatic heterocycles.